The molecular weight excluding hydrogens is 430 g/mol. The van der Waals surface area contributed by atoms with Crippen LogP contribution in [-0.4, -0.2) is 48.9 Å². The number of hydrogen-bond acceptors (Lipinski definition) is 5. The highest BCUT2D eigenvalue weighted by molar-refractivity contribution is 5.94. The normalized spacial score (nSPS) is 16.3. The molecule has 0 spiro atoms. The lowest BCUT2D eigenvalue weighted by atomic mass is 9.96. The van der Waals surface area contributed by atoms with Crippen LogP contribution in [0.15, 0.2) is 53.3 Å². The summed E-state index contributed by atoms with van der Waals surface area (Å²) in [5.41, 5.74) is 0.605. The van der Waals surface area contributed by atoms with Gasteiger partial charge in [-0.25, -0.2) is 18.4 Å². The maximum atomic E-state index is 14.1. The molecule has 33 heavy (non-hydrogen) atoms. The second-order valence-electron chi connectivity index (χ2n) is 8.06. The number of benzene rings is 2. The zero-order chi connectivity index (χ0) is 22.9. The summed E-state index contributed by atoms with van der Waals surface area (Å²) in [6.07, 6.45) is 1.52. The Bertz CT molecular complexity index is 1380. The van der Waals surface area contributed by atoms with Crippen LogP contribution in [0.5, 0.6) is 0 Å². The fraction of sp³-hybridized carbons (Fsp3) is 0.261. The van der Waals surface area contributed by atoms with Gasteiger partial charge in [0, 0.05) is 36.2 Å². The van der Waals surface area contributed by atoms with Crippen molar-refractivity contribution in [3.8, 4) is 0 Å². The summed E-state index contributed by atoms with van der Waals surface area (Å²) in [7, 11) is 0. The van der Waals surface area contributed by atoms with Gasteiger partial charge in [0.1, 0.15) is 17.5 Å². The second kappa shape index (κ2) is 8.53. The summed E-state index contributed by atoms with van der Waals surface area (Å²) in [6, 6.07) is 12.3. The summed E-state index contributed by atoms with van der Waals surface area (Å²) in [6.45, 7) is 0.984. The fourth-order valence-corrected chi connectivity index (χ4v) is 4.14. The van der Waals surface area contributed by atoms with Gasteiger partial charge in [-0.2, -0.15) is 0 Å². The number of hydrogen-bond donors (Lipinski definition) is 1. The molecule has 10 heteroatoms. The van der Waals surface area contributed by atoms with E-state index in [0.29, 0.717) is 24.5 Å². The zero-order valence-electron chi connectivity index (χ0n) is 17.5. The quantitative estimate of drug-likeness (QED) is 0.516. The van der Waals surface area contributed by atoms with E-state index in [1.165, 1.54) is 10.7 Å². The monoisotopic (exact) mass is 450 g/mol. The van der Waals surface area contributed by atoms with Crippen LogP contribution in [-0.2, 0) is 6.54 Å². The highest BCUT2D eigenvalue weighted by Crippen LogP contribution is 2.26. The van der Waals surface area contributed by atoms with Crippen molar-refractivity contribution in [2.45, 2.75) is 25.3 Å². The van der Waals surface area contributed by atoms with Gasteiger partial charge in [-0.05, 0) is 31.0 Å². The van der Waals surface area contributed by atoms with Crippen molar-refractivity contribution in [2.24, 2.45) is 0 Å². The van der Waals surface area contributed by atoms with Crippen LogP contribution in [0.3, 0.4) is 0 Å². The van der Waals surface area contributed by atoms with Crippen molar-refractivity contribution in [1.82, 2.24) is 29.9 Å². The number of fused-ring (bicyclic) bond motifs is 1. The molecule has 0 unspecified atom stereocenters. The summed E-state index contributed by atoms with van der Waals surface area (Å²) in [5, 5.41) is 7.82. The van der Waals surface area contributed by atoms with Crippen LogP contribution in [0.25, 0.3) is 11.2 Å². The number of aromatic nitrogens is 5. The third-order valence-electron chi connectivity index (χ3n) is 5.84. The smallest absolute Gasteiger partial charge is 0.281 e. The summed E-state index contributed by atoms with van der Waals surface area (Å²) >= 11 is 0. The van der Waals surface area contributed by atoms with Crippen LogP contribution >= 0.6 is 0 Å². The molecular formula is C23H20F2N6O2. The van der Waals surface area contributed by atoms with E-state index in [-0.39, 0.29) is 35.1 Å². The molecule has 4 aromatic rings. The minimum Gasteiger partial charge on any atom is -0.338 e. The van der Waals surface area contributed by atoms with E-state index in [2.05, 4.69) is 20.3 Å². The number of nitrogens with one attached hydrogen (secondary N) is 1. The number of aromatic amines is 1. The summed E-state index contributed by atoms with van der Waals surface area (Å²) < 4.78 is 28.7. The Kier molecular flexibility index (Phi) is 5.41. The van der Waals surface area contributed by atoms with Crippen molar-refractivity contribution in [2.75, 3.05) is 13.1 Å². The number of carbonyl (C=O) groups is 1. The predicted octanol–water partition coefficient (Wildman–Crippen LogP) is 2.86. The van der Waals surface area contributed by atoms with Gasteiger partial charge in [0.15, 0.2) is 11.2 Å². The Morgan fingerprint density at radius 1 is 1.15 bits per heavy atom. The first-order valence-electron chi connectivity index (χ1n) is 10.6. The van der Waals surface area contributed by atoms with Gasteiger partial charge in [0.2, 0.25) is 0 Å². The lowest BCUT2D eigenvalue weighted by molar-refractivity contribution is 0.0704. The molecule has 0 saturated carbocycles. The number of halogens is 2. The van der Waals surface area contributed by atoms with Crippen LogP contribution < -0.4 is 5.56 Å². The minimum atomic E-state index is -0.717. The average molecular weight is 450 g/mol. The van der Waals surface area contributed by atoms with Crippen molar-refractivity contribution >= 4 is 17.1 Å². The van der Waals surface area contributed by atoms with E-state index >= 15 is 0 Å². The number of H-pyrrole nitrogens is 1. The third kappa shape index (κ3) is 4.11. The van der Waals surface area contributed by atoms with Crippen LogP contribution in [0, 0.1) is 11.6 Å². The van der Waals surface area contributed by atoms with E-state index < -0.39 is 17.2 Å². The maximum absolute atomic E-state index is 14.1. The Morgan fingerprint density at radius 3 is 2.76 bits per heavy atom. The molecule has 1 atom stereocenters. The first-order chi connectivity index (χ1) is 16.0. The largest absolute Gasteiger partial charge is 0.338 e. The number of carbonyl (C=O) groups excluding carboxylic acids is 1. The molecule has 8 nitrogen and oxygen atoms in total. The molecule has 1 saturated heterocycles. The average Bonchev–Trinajstić information content (AvgIpc) is 3.24. The zero-order valence-corrected chi connectivity index (χ0v) is 17.5. The molecule has 1 aliphatic heterocycles. The Morgan fingerprint density at radius 2 is 1.97 bits per heavy atom. The molecule has 5 rings (SSSR count). The number of piperidine rings is 1. The fourth-order valence-electron chi connectivity index (χ4n) is 4.14. The molecule has 2 aromatic heterocycles. The van der Waals surface area contributed by atoms with Gasteiger partial charge in [-0.15, -0.1) is 5.10 Å². The molecule has 0 radical (unpaired) electrons. The van der Waals surface area contributed by atoms with Gasteiger partial charge in [0.05, 0.1) is 6.54 Å². The van der Waals surface area contributed by atoms with Crippen molar-refractivity contribution < 1.29 is 13.6 Å². The van der Waals surface area contributed by atoms with E-state index in [1.54, 1.807) is 17.0 Å². The van der Waals surface area contributed by atoms with E-state index in [9.17, 15) is 18.4 Å². The SMILES string of the molecule is O=C(c1ccccc1)N1CCC[C@@H](c2nc3c(nnn3Cc3ccc(F)cc3F)c(=O)[nH]2)C1. The first kappa shape index (κ1) is 20.9. The first-order valence-corrected chi connectivity index (χ1v) is 10.6. The Labute approximate surface area is 186 Å². The summed E-state index contributed by atoms with van der Waals surface area (Å²) in [4.78, 5) is 34.6. The van der Waals surface area contributed by atoms with E-state index in [4.69, 9.17) is 0 Å². The van der Waals surface area contributed by atoms with Gasteiger partial charge in [-0.3, -0.25) is 9.59 Å². The highest BCUT2D eigenvalue weighted by atomic mass is 19.1. The standard InChI is InChI=1S/C23H20F2N6O2/c24-17-9-8-15(18(25)11-17)13-31-21-19(28-29-31)22(32)27-20(26-21)16-7-4-10-30(12-16)23(33)14-5-2-1-3-6-14/h1-3,5-6,8-9,11,16H,4,7,10,12-13H2,(H,26,27,32)/t16-/m1/s1. The third-order valence-corrected chi connectivity index (χ3v) is 5.84. The maximum Gasteiger partial charge on any atom is 0.281 e. The molecule has 1 N–H and O–H groups in total. The van der Waals surface area contributed by atoms with Crippen LogP contribution in [0.4, 0.5) is 8.78 Å². The summed E-state index contributed by atoms with van der Waals surface area (Å²) in [5.74, 6) is -1.20. The molecule has 1 aliphatic rings. The van der Waals surface area contributed by atoms with Crippen molar-refractivity contribution in [3.05, 3.63) is 87.5 Å². The molecule has 2 aromatic carbocycles. The molecule has 0 aliphatic carbocycles. The predicted molar refractivity (Wildman–Crippen MR) is 116 cm³/mol. The number of likely N-dealkylation sites (tertiary alicyclic amines) is 1. The van der Waals surface area contributed by atoms with E-state index in [1.807, 2.05) is 18.2 Å². The van der Waals surface area contributed by atoms with E-state index in [0.717, 1.165) is 25.0 Å². The molecule has 1 fully saturated rings. The van der Waals surface area contributed by atoms with Crippen molar-refractivity contribution in [3.63, 3.8) is 0 Å². The second-order valence-corrected chi connectivity index (χ2v) is 8.06. The van der Waals surface area contributed by atoms with Crippen molar-refractivity contribution in [1.29, 1.82) is 0 Å². The van der Waals surface area contributed by atoms with Gasteiger partial charge in [0.25, 0.3) is 11.5 Å². The van der Waals surface area contributed by atoms with Crippen LogP contribution in [0.2, 0.25) is 0 Å². The number of rotatable bonds is 4. The topological polar surface area (TPSA) is 96.8 Å². The lowest BCUT2D eigenvalue weighted by Crippen LogP contribution is -2.39. The van der Waals surface area contributed by atoms with Gasteiger partial charge < -0.3 is 9.88 Å². The van der Waals surface area contributed by atoms with Gasteiger partial charge in [-0.1, -0.05) is 29.5 Å². The Balaban J connectivity index is 1.44. The molecule has 0 bridgehead atoms. The number of amides is 1. The molecule has 168 valence electrons. The Hall–Kier alpha value is -3.95. The van der Waals surface area contributed by atoms with Gasteiger partial charge >= 0.3 is 0 Å². The minimum absolute atomic E-state index is 0.0364. The molecule has 1 amide bonds. The van der Waals surface area contributed by atoms with Crippen LogP contribution in [0.1, 0.15) is 40.5 Å². The number of nitrogens with zero attached hydrogens (tertiary/aromatic N) is 5. The molecule has 3 heterocycles. The highest BCUT2D eigenvalue weighted by Gasteiger charge is 2.28. The lowest BCUT2D eigenvalue weighted by Gasteiger charge is -2.32.